The summed E-state index contributed by atoms with van der Waals surface area (Å²) < 4.78 is 43.7. The van der Waals surface area contributed by atoms with Crippen LogP contribution in [-0.4, -0.2) is 20.8 Å². The lowest BCUT2D eigenvalue weighted by molar-refractivity contribution is 0.329. The second-order valence-electron chi connectivity index (χ2n) is 4.98. The zero-order valence-corrected chi connectivity index (χ0v) is 12.5. The van der Waals surface area contributed by atoms with Crippen LogP contribution in [0.2, 0.25) is 5.02 Å². The average Bonchev–Trinajstić information content (AvgIpc) is 3.19. The van der Waals surface area contributed by atoms with Crippen molar-refractivity contribution in [1.82, 2.24) is 0 Å². The molecule has 0 N–H and O–H groups in total. The Morgan fingerprint density at radius 1 is 1.19 bits per heavy atom. The molecule has 0 aliphatic carbocycles. The minimum Gasteiger partial charge on any atom is -0.363 e. The average molecular weight is 327 g/mol. The Hall–Kier alpha value is -1.43. The molecule has 21 heavy (non-hydrogen) atoms. The first-order valence-corrected chi connectivity index (χ1v) is 8.33. The lowest BCUT2D eigenvalue weighted by atomic mass is 10.0. The Bertz CT molecular complexity index is 785. The van der Waals surface area contributed by atoms with Crippen LogP contribution < -0.4 is 0 Å². The van der Waals surface area contributed by atoms with Crippen LogP contribution >= 0.6 is 11.6 Å². The molecule has 1 saturated heterocycles. The highest BCUT2D eigenvalue weighted by molar-refractivity contribution is 7.91. The molecule has 1 heterocycles. The Morgan fingerprint density at radius 3 is 2.52 bits per heavy atom. The van der Waals surface area contributed by atoms with Gasteiger partial charge >= 0.3 is 0 Å². The van der Waals surface area contributed by atoms with Crippen molar-refractivity contribution >= 4 is 21.4 Å². The summed E-state index contributed by atoms with van der Waals surface area (Å²) in [5.74, 6) is -0.676. The highest BCUT2D eigenvalue weighted by Crippen LogP contribution is 2.42. The van der Waals surface area contributed by atoms with Gasteiger partial charge in [0.05, 0.1) is 22.3 Å². The van der Waals surface area contributed by atoms with Gasteiger partial charge in [-0.05, 0) is 29.8 Å². The maximum atomic E-state index is 13.3. The highest BCUT2D eigenvalue weighted by atomic mass is 35.5. The van der Waals surface area contributed by atoms with E-state index < -0.39 is 21.3 Å². The number of hydrogen-bond donors (Lipinski definition) is 0. The molecular weight excluding hydrogens is 315 g/mol. The second kappa shape index (κ2) is 5.09. The summed E-state index contributed by atoms with van der Waals surface area (Å²) in [4.78, 5) is 0.0675. The topological polar surface area (TPSA) is 46.7 Å². The molecule has 2 aromatic rings. The fourth-order valence-corrected chi connectivity index (χ4v) is 4.52. The minimum absolute atomic E-state index is 0.0675. The third kappa shape index (κ3) is 2.81. The number of hydrogen-bond acceptors (Lipinski definition) is 3. The molecule has 1 aliphatic rings. The molecule has 0 bridgehead atoms. The fourth-order valence-electron chi connectivity index (χ4n) is 2.27. The van der Waals surface area contributed by atoms with Crippen LogP contribution in [0.3, 0.4) is 0 Å². The summed E-state index contributed by atoms with van der Waals surface area (Å²) in [6, 6.07) is 12.1. The normalized spacial score (nSPS) is 21.2. The molecule has 2 aromatic carbocycles. The third-order valence-corrected chi connectivity index (χ3v) is 5.75. The fraction of sp³-hybridized carbons (Fsp3) is 0.200. The standard InChI is InChI=1S/C15H12ClFO3S/c16-13-6-1-2-7-14(13)21(18,19)10-15(9-20-15)11-4-3-5-12(17)8-11/h1-8H,9-10H2. The summed E-state index contributed by atoms with van der Waals surface area (Å²) >= 11 is 5.95. The first kappa shape index (κ1) is 14.5. The summed E-state index contributed by atoms with van der Waals surface area (Å²) in [6.45, 7) is 0.250. The van der Waals surface area contributed by atoms with E-state index in [9.17, 15) is 12.8 Å². The molecule has 0 spiro atoms. The number of epoxide rings is 1. The van der Waals surface area contributed by atoms with Crippen molar-refractivity contribution in [3.05, 3.63) is 64.9 Å². The highest BCUT2D eigenvalue weighted by Gasteiger charge is 2.50. The minimum atomic E-state index is -3.63. The van der Waals surface area contributed by atoms with Crippen molar-refractivity contribution in [2.75, 3.05) is 12.4 Å². The van der Waals surface area contributed by atoms with Crippen LogP contribution in [0.15, 0.2) is 53.4 Å². The van der Waals surface area contributed by atoms with E-state index in [0.29, 0.717) is 5.56 Å². The first-order valence-electron chi connectivity index (χ1n) is 6.30. The number of sulfone groups is 1. The van der Waals surface area contributed by atoms with Gasteiger partial charge in [0, 0.05) is 0 Å². The van der Waals surface area contributed by atoms with Gasteiger partial charge in [-0.2, -0.15) is 0 Å². The lowest BCUT2D eigenvalue weighted by Crippen LogP contribution is -2.23. The monoisotopic (exact) mass is 326 g/mol. The molecular formula is C15H12ClFO3S. The zero-order valence-electron chi connectivity index (χ0n) is 10.9. The SMILES string of the molecule is O=S(=O)(CC1(c2cccc(F)c2)CO1)c1ccccc1Cl. The molecule has 1 aliphatic heterocycles. The maximum Gasteiger partial charge on any atom is 0.183 e. The van der Waals surface area contributed by atoms with Gasteiger partial charge in [-0.3, -0.25) is 0 Å². The molecule has 1 unspecified atom stereocenters. The molecule has 6 heteroatoms. The number of halogens is 2. The predicted molar refractivity (Wildman–Crippen MR) is 77.5 cm³/mol. The molecule has 0 aromatic heterocycles. The number of rotatable bonds is 4. The summed E-state index contributed by atoms with van der Waals surface area (Å²) in [5, 5.41) is 0.174. The van der Waals surface area contributed by atoms with E-state index >= 15 is 0 Å². The number of ether oxygens (including phenoxy) is 1. The van der Waals surface area contributed by atoms with Crippen LogP contribution in [-0.2, 0) is 20.2 Å². The molecule has 0 amide bonds. The van der Waals surface area contributed by atoms with Gasteiger partial charge in [0.25, 0.3) is 0 Å². The Kier molecular flexibility index (Phi) is 3.51. The van der Waals surface area contributed by atoms with Crippen molar-refractivity contribution < 1.29 is 17.5 Å². The van der Waals surface area contributed by atoms with E-state index in [2.05, 4.69) is 0 Å². The van der Waals surface area contributed by atoms with E-state index in [0.717, 1.165) is 0 Å². The van der Waals surface area contributed by atoms with E-state index in [1.54, 1.807) is 18.2 Å². The quantitative estimate of drug-likeness (QED) is 0.811. The molecule has 0 radical (unpaired) electrons. The van der Waals surface area contributed by atoms with Gasteiger partial charge < -0.3 is 4.74 Å². The molecule has 3 rings (SSSR count). The van der Waals surface area contributed by atoms with Crippen LogP contribution in [0.5, 0.6) is 0 Å². The van der Waals surface area contributed by atoms with Gasteiger partial charge in [0.15, 0.2) is 9.84 Å². The van der Waals surface area contributed by atoms with Crippen LogP contribution in [0, 0.1) is 5.82 Å². The van der Waals surface area contributed by atoms with Crippen molar-refractivity contribution in [3.63, 3.8) is 0 Å². The third-order valence-electron chi connectivity index (χ3n) is 3.44. The van der Waals surface area contributed by atoms with E-state index in [1.165, 1.54) is 30.3 Å². The Labute approximate surface area is 127 Å². The second-order valence-corrected chi connectivity index (χ2v) is 7.35. The van der Waals surface area contributed by atoms with Crippen LogP contribution in [0.25, 0.3) is 0 Å². The first-order chi connectivity index (χ1) is 9.93. The van der Waals surface area contributed by atoms with Gasteiger partial charge in [0.1, 0.15) is 11.4 Å². The van der Waals surface area contributed by atoms with Gasteiger partial charge in [-0.1, -0.05) is 35.9 Å². The van der Waals surface area contributed by atoms with Gasteiger partial charge in [-0.25, -0.2) is 12.8 Å². The van der Waals surface area contributed by atoms with E-state index in [1.807, 2.05) is 0 Å². The van der Waals surface area contributed by atoms with E-state index in [-0.39, 0.29) is 22.3 Å². The molecule has 0 saturated carbocycles. The predicted octanol–water partition coefficient (Wildman–Crippen LogP) is 3.18. The summed E-state index contributed by atoms with van der Waals surface area (Å²) in [7, 11) is -3.63. The van der Waals surface area contributed by atoms with Gasteiger partial charge in [0.2, 0.25) is 0 Å². The number of benzene rings is 2. The van der Waals surface area contributed by atoms with Gasteiger partial charge in [-0.15, -0.1) is 0 Å². The lowest BCUT2D eigenvalue weighted by Gasteiger charge is -2.13. The zero-order chi connectivity index (χ0) is 15.1. The van der Waals surface area contributed by atoms with Crippen LogP contribution in [0.4, 0.5) is 4.39 Å². The summed E-state index contributed by atoms with van der Waals surface area (Å²) in [6.07, 6.45) is 0. The maximum absolute atomic E-state index is 13.3. The smallest absolute Gasteiger partial charge is 0.183 e. The summed E-state index contributed by atoms with van der Waals surface area (Å²) in [5.41, 5.74) is -0.446. The van der Waals surface area contributed by atoms with Crippen molar-refractivity contribution in [2.24, 2.45) is 0 Å². The molecule has 3 nitrogen and oxygen atoms in total. The van der Waals surface area contributed by atoms with Crippen molar-refractivity contribution in [2.45, 2.75) is 10.5 Å². The van der Waals surface area contributed by atoms with Crippen LogP contribution in [0.1, 0.15) is 5.56 Å². The van der Waals surface area contributed by atoms with E-state index in [4.69, 9.17) is 16.3 Å². The van der Waals surface area contributed by atoms with Crippen molar-refractivity contribution in [3.8, 4) is 0 Å². The molecule has 110 valence electrons. The molecule has 1 atom stereocenters. The van der Waals surface area contributed by atoms with Crippen molar-refractivity contribution in [1.29, 1.82) is 0 Å². The largest absolute Gasteiger partial charge is 0.363 e. The Morgan fingerprint density at radius 2 is 1.90 bits per heavy atom. The molecule has 1 fully saturated rings. The Balaban J connectivity index is 1.95.